The first-order chi connectivity index (χ1) is 14.5. The molecule has 0 unspecified atom stereocenters. The van der Waals surface area contributed by atoms with E-state index < -0.39 is 5.97 Å². The molecule has 1 saturated carbocycles. The highest BCUT2D eigenvalue weighted by Crippen LogP contribution is 2.27. The molecule has 2 aliphatic carbocycles. The maximum atomic E-state index is 12.5. The van der Waals surface area contributed by atoms with E-state index in [2.05, 4.69) is 10.1 Å². The Morgan fingerprint density at radius 2 is 1.73 bits per heavy atom. The van der Waals surface area contributed by atoms with Gasteiger partial charge in [0, 0.05) is 50.8 Å². The van der Waals surface area contributed by atoms with Crippen molar-refractivity contribution in [3.8, 4) is 0 Å². The molecule has 2 N–H and O–H groups in total. The van der Waals surface area contributed by atoms with Crippen LogP contribution in [0.3, 0.4) is 0 Å². The summed E-state index contributed by atoms with van der Waals surface area (Å²) in [4.78, 5) is 39.7. The number of unbranched alkanes of at least 4 members (excludes halogenated alkanes) is 2. The van der Waals surface area contributed by atoms with Crippen molar-refractivity contribution < 1.29 is 29.1 Å². The number of aliphatic hydroxyl groups excluding tert-OH is 1. The van der Waals surface area contributed by atoms with Gasteiger partial charge < -0.3 is 14.7 Å². The summed E-state index contributed by atoms with van der Waals surface area (Å²) in [6.45, 7) is 0.504. The number of carboxylic acid groups (broad SMARTS) is 1. The highest BCUT2D eigenvalue weighted by Gasteiger charge is 2.28. The summed E-state index contributed by atoms with van der Waals surface area (Å²) in [5, 5.41) is 23.3. The van der Waals surface area contributed by atoms with Gasteiger partial charge in [-0.3, -0.25) is 19.4 Å². The van der Waals surface area contributed by atoms with Crippen LogP contribution >= 0.6 is 0 Å². The summed E-state index contributed by atoms with van der Waals surface area (Å²) >= 11 is 0. The lowest BCUT2D eigenvalue weighted by Gasteiger charge is -2.18. The number of aromatic nitrogens is 1. The highest BCUT2D eigenvalue weighted by molar-refractivity contribution is 6.24. The van der Waals surface area contributed by atoms with Crippen molar-refractivity contribution in [1.29, 1.82) is 0 Å². The number of carboxylic acids is 1. The van der Waals surface area contributed by atoms with Crippen molar-refractivity contribution in [2.45, 2.75) is 77.0 Å². The number of hydrogen-bond acceptors (Lipinski definition) is 7. The van der Waals surface area contributed by atoms with Crippen LogP contribution in [0.2, 0.25) is 0 Å². The molecule has 0 amide bonds. The zero-order valence-electron chi connectivity index (χ0n) is 17.1. The van der Waals surface area contributed by atoms with Crippen LogP contribution in [0, 0.1) is 0 Å². The minimum atomic E-state index is -0.801. The predicted molar refractivity (Wildman–Crippen MR) is 109 cm³/mol. The average molecular weight is 416 g/mol. The second kappa shape index (κ2) is 10.3. The van der Waals surface area contributed by atoms with Gasteiger partial charge in [0.15, 0.2) is 11.6 Å². The van der Waals surface area contributed by atoms with E-state index in [1.54, 1.807) is 0 Å². The summed E-state index contributed by atoms with van der Waals surface area (Å²) in [6.07, 6.45) is 6.45. The molecular formula is C22H28N2O6. The van der Waals surface area contributed by atoms with Crippen LogP contribution in [0.15, 0.2) is 20.8 Å². The number of fused-ring (bicyclic) bond motifs is 1. The van der Waals surface area contributed by atoms with Crippen molar-refractivity contribution in [3.05, 3.63) is 28.3 Å². The van der Waals surface area contributed by atoms with E-state index in [9.17, 15) is 19.5 Å². The van der Waals surface area contributed by atoms with E-state index in [0.29, 0.717) is 79.8 Å². The van der Waals surface area contributed by atoms with Gasteiger partial charge in [-0.25, -0.2) is 0 Å². The van der Waals surface area contributed by atoms with Gasteiger partial charge in [0.05, 0.1) is 16.8 Å². The van der Waals surface area contributed by atoms with E-state index in [0.717, 1.165) is 19.3 Å². The highest BCUT2D eigenvalue weighted by atomic mass is 16.5. The minimum Gasteiger partial charge on any atom is -0.511 e. The Kier molecular flexibility index (Phi) is 7.54. The number of carbonyl (C=O) groups excluding carboxylic acids is 2. The zero-order valence-corrected chi connectivity index (χ0v) is 17.1. The predicted octanol–water partition coefficient (Wildman–Crippen LogP) is 3.78. The number of nitrogens with zero attached hydrogens (tertiary/aromatic N) is 2. The monoisotopic (exact) mass is 416 g/mol. The van der Waals surface area contributed by atoms with Gasteiger partial charge in [0.2, 0.25) is 0 Å². The van der Waals surface area contributed by atoms with E-state index in [1.807, 2.05) is 0 Å². The third kappa shape index (κ3) is 5.43. The lowest BCUT2D eigenvalue weighted by Crippen LogP contribution is -2.22. The lowest BCUT2D eigenvalue weighted by molar-refractivity contribution is -0.137. The van der Waals surface area contributed by atoms with Gasteiger partial charge in [0.25, 0.3) is 0 Å². The molecule has 0 aliphatic heterocycles. The number of aliphatic hydroxyl groups is 1. The van der Waals surface area contributed by atoms with Crippen molar-refractivity contribution in [2.24, 2.45) is 4.99 Å². The fourth-order valence-corrected chi connectivity index (χ4v) is 4.01. The normalized spacial score (nSPS) is 19.8. The van der Waals surface area contributed by atoms with Crippen LogP contribution in [-0.2, 0) is 22.4 Å². The number of aliphatic imine (C=N–C) groups is 1. The molecule has 0 bridgehead atoms. The summed E-state index contributed by atoms with van der Waals surface area (Å²) in [5.74, 6) is -0.277. The Bertz CT molecular complexity index is 880. The van der Waals surface area contributed by atoms with Crippen LogP contribution in [0.1, 0.15) is 86.0 Å². The van der Waals surface area contributed by atoms with Crippen molar-refractivity contribution in [2.75, 3.05) is 6.54 Å². The van der Waals surface area contributed by atoms with Crippen LogP contribution in [0.5, 0.6) is 0 Å². The van der Waals surface area contributed by atoms with Gasteiger partial charge in [-0.2, -0.15) is 0 Å². The number of rotatable bonds is 9. The molecule has 0 aromatic carbocycles. The van der Waals surface area contributed by atoms with Crippen LogP contribution in [-0.4, -0.2) is 45.2 Å². The van der Waals surface area contributed by atoms with Gasteiger partial charge in [-0.15, -0.1) is 0 Å². The number of Topliss-reactive ketones (excluding diaryl/α,β-unsaturated/α-hetero) is 2. The standard InChI is InChI=1S/C22H28N2O6/c25-16-7-4-6-14(23-13-3-1-2-10-20(28)29)21(16)18(27)12-11-15-22-17(26)8-5-9-19(22)30-24-15/h27H,1-13H2,(H,28,29). The van der Waals surface area contributed by atoms with Crippen molar-refractivity contribution in [3.63, 3.8) is 0 Å². The van der Waals surface area contributed by atoms with Crippen molar-refractivity contribution in [1.82, 2.24) is 5.16 Å². The molecule has 1 aromatic heterocycles. The lowest BCUT2D eigenvalue weighted by atomic mass is 9.88. The molecule has 0 saturated heterocycles. The van der Waals surface area contributed by atoms with Crippen LogP contribution < -0.4 is 0 Å². The summed E-state index contributed by atoms with van der Waals surface area (Å²) in [6, 6.07) is 0. The molecule has 3 rings (SSSR count). The second-order valence-corrected chi connectivity index (χ2v) is 7.84. The number of ketones is 2. The van der Waals surface area contributed by atoms with E-state index in [-0.39, 0.29) is 30.2 Å². The smallest absolute Gasteiger partial charge is 0.303 e. The van der Waals surface area contributed by atoms with E-state index in [1.165, 1.54) is 0 Å². The number of aliphatic carboxylic acids is 1. The fourth-order valence-electron chi connectivity index (χ4n) is 4.01. The molecule has 0 atom stereocenters. The minimum absolute atomic E-state index is 0.00987. The van der Waals surface area contributed by atoms with E-state index >= 15 is 0 Å². The number of allylic oxidation sites excluding steroid dienone is 2. The molecule has 8 nitrogen and oxygen atoms in total. The first-order valence-electron chi connectivity index (χ1n) is 10.7. The molecule has 0 radical (unpaired) electrons. The van der Waals surface area contributed by atoms with Gasteiger partial charge >= 0.3 is 5.97 Å². The van der Waals surface area contributed by atoms with Gasteiger partial charge in [0.1, 0.15) is 11.5 Å². The molecule has 8 heteroatoms. The number of carbonyl (C=O) groups is 3. The Labute approximate surface area is 175 Å². The van der Waals surface area contributed by atoms with E-state index in [4.69, 9.17) is 9.63 Å². The molecule has 30 heavy (non-hydrogen) atoms. The molecule has 1 fully saturated rings. The molecule has 162 valence electrons. The summed E-state index contributed by atoms with van der Waals surface area (Å²) < 4.78 is 5.28. The Hall–Kier alpha value is -2.77. The summed E-state index contributed by atoms with van der Waals surface area (Å²) in [7, 11) is 0. The topological polar surface area (TPSA) is 130 Å². The third-order valence-electron chi connectivity index (χ3n) is 5.54. The SMILES string of the molecule is O=C(O)CCCCCN=C1CCCC(=O)C1=C(O)CCc1noc2c1C(=O)CCC2. The van der Waals surface area contributed by atoms with Crippen LogP contribution in [0.25, 0.3) is 0 Å². The number of hydrogen-bond donors (Lipinski definition) is 2. The molecule has 2 aliphatic rings. The van der Waals surface area contributed by atoms with Gasteiger partial charge in [-0.05, 0) is 32.1 Å². The summed E-state index contributed by atoms with van der Waals surface area (Å²) in [5.41, 5.74) is 2.02. The molecule has 0 spiro atoms. The van der Waals surface area contributed by atoms with Gasteiger partial charge in [-0.1, -0.05) is 11.6 Å². The maximum absolute atomic E-state index is 12.5. The quantitative estimate of drug-likeness (QED) is 0.356. The Morgan fingerprint density at radius 3 is 2.53 bits per heavy atom. The molecule has 1 heterocycles. The third-order valence-corrected chi connectivity index (χ3v) is 5.54. The van der Waals surface area contributed by atoms with Crippen molar-refractivity contribution >= 4 is 23.2 Å². The second-order valence-electron chi connectivity index (χ2n) is 7.84. The fraction of sp³-hybridized carbons (Fsp3) is 0.591. The average Bonchev–Trinajstić information content (AvgIpc) is 3.13. The zero-order chi connectivity index (χ0) is 21.5. The first kappa shape index (κ1) is 21.9. The Morgan fingerprint density at radius 1 is 0.967 bits per heavy atom. The first-order valence-corrected chi connectivity index (χ1v) is 10.7. The Balaban J connectivity index is 1.64. The molecular weight excluding hydrogens is 388 g/mol. The van der Waals surface area contributed by atoms with Crippen LogP contribution in [0.4, 0.5) is 0 Å². The number of aryl methyl sites for hydroxylation is 2. The maximum Gasteiger partial charge on any atom is 0.303 e. The largest absolute Gasteiger partial charge is 0.511 e. The molecule has 1 aromatic rings.